The number of hydrogen-bond donors (Lipinski definition) is 6. The van der Waals surface area contributed by atoms with Gasteiger partial charge >= 0.3 is 12.1 Å². The van der Waals surface area contributed by atoms with Gasteiger partial charge in [-0.3, -0.25) is 4.79 Å². The molecule has 0 aliphatic carbocycles. The second-order valence-electron chi connectivity index (χ2n) is 13.2. The van der Waals surface area contributed by atoms with E-state index >= 15 is 0 Å². The van der Waals surface area contributed by atoms with E-state index in [0.29, 0.717) is 41.2 Å². The van der Waals surface area contributed by atoms with Gasteiger partial charge in [0.2, 0.25) is 0 Å². The molecule has 1 fully saturated rings. The SMILES string of the molecule is CCc1c2c(nc3ccc(OC(=O)NCCCOCc4cn([C@H]5O[C@@H](CO)[C@H](O)[C@@H](O)[C@@H]5O)nn4)cc13)-c1cc3c(c(=O)n1C2)COC(=O)[C@]3(O)CC. The van der Waals surface area contributed by atoms with Gasteiger partial charge in [-0.15, -0.1) is 5.10 Å². The van der Waals surface area contributed by atoms with Crippen molar-refractivity contribution in [2.24, 2.45) is 0 Å². The molecule has 18 heteroatoms. The number of amides is 1. The summed E-state index contributed by atoms with van der Waals surface area (Å²) in [5.74, 6) is -0.477. The Morgan fingerprint density at radius 3 is 2.68 bits per heavy atom. The van der Waals surface area contributed by atoms with Crippen LogP contribution in [-0.2, 0) is 50.8 Å². The molecule has 3 aliphatic heterocycles. The van der Waals surface area contributed by atoms with E-state index in [9.17, 15) is 39.9 Å². The van der Waals surface area contributed by atoms with Crippen molar-refractivity contribution in [3.63, 3.8) is 0 Å². The molecule has 0 radical (unpaired) electrons. The predicted molar refractivity (Wildman–Crippen MR) is 181 cm³/mol. The van der Waals surface area contributed by atoms with Crippen molar-refractivity contribution in [2.75, 3.05) is 19.8 Å². The number of esters is 1. The summed E-state index contributed by atoms with van der Waals surface area (Å²) in [5.41, 5.74) is 2.16. The summed E-state index contributed by atoms with van der Waals surface area (Å²) in [7, 11) is 0. The van der Waals surface area contributed by atoms with Gasteiger partial charge in [0.1, 0.15) is 42.5 Å². The Labute approximate surface area is 301 Å². The van der Waals surface area contributed by atoms with E-state index in [-0.39, 0.29) is 56.0 Å². The van der Waals surface area contributed by atoms with Gasteiger partial charge in [-0.2, -0.15) is 0 Å². The lowest BCUT2D eigenvalue weighted by atomic mass is 9.86. The monoisotopic (exact) mass is 736 g/mol. The van der Waals surface area contributed by atoms with E-state index in [1.54, 1.807) is 35.8 Å². The average Bonchev–Trinajstić information content (AvgIpc) is 3.78. The van der Waals surface area contributed by atoms with E-state index in [1.165, 1.54) is 10.9 Å². The molecule has 6 heterocycles. The van der Waals surface area contributed by atoms with Crippen molar-refractivity contribution >= 4 is 23.0 Å². The molecule has 6 N–H and O–H groups in total. The molecule has 0 bridgehead atoms. The van der Waals surface area contributed by atoms with Crippen LogP contribution in [0.25, 0.3) is 22.3 Å². The van der Waals surface area contributed by atoms with Gasteiger partial charge in [0.15, 0.2) is 11.8 Å². The highest BCUT2D eigenvalue weighted by atomic mass is 16.6. The number of benzene rings is 1. The Hall–Kier alpha value is -4.82. The third-order valence-corrected chi connectivity index (χ3v) is 10.0. The number of aliphatic hydroxyl groups is 5. The molecule has 53 heavy (non-hydrogen) atoms. The Morgan fingerprint density at radius 2 is 1.92 bits per heavy atom. The Bertz CT molecular complexity index is 2120. The van der Waals surface area contributed by atoms with Gasteiger partial charge in [-0.1, -0.05) is 19.1 Å². The van der Waals surface area contributed by atoms with Crippen LogP contribution >= 0.6 is 0 Å². The van der Waals surface area contributed by atoms with Crippen LogP contribution in [0, 0.1) is 0 Å². The highest BCUT2D eigenvalue weighted by Gasteiger charge is 2.46. The molecule has 18 nitrogen and oxygen atoms in total. The number of pyridine rings is 2. The van der Waals surface area contributed by atoms with Gasteiger partial charge in [0, 0.05) is 29.7 Å². The maximum Gasteiger partial charge on any atom is 0.412 e. The van der Waals surface area contributed by atoms with E-state index < -0.39 is 54.9 Å². The van der Waals surface area contributed by atoms with E-state index in [4.69, 9.17) is 23.9 Å². The van der Waals surface area contributed by atoms with Gasteiger partial charge in [-0.05, 0) is 49.1 Å². The van der Waals surface area contributed by atoms with Crippen molar-refractivity contribution in [1.82, 2.24) is 29.9 Å². The minimum Gasteiger partial charge on any atom is -0.458 e. The molecular formula is C35H40N6O12. The van der Waals surface area contributed by atoms with Crippen molar-refractivity contribution in [2.45, 2.75) is 89.1 Å². The second kappa shape index (κ2) is 14.5. The number of carbonyl (C=O) groups is 2. The number of aromatic nitrogens is 5. The Morgan fingerprint density at radius 1 is 1.11 bits per heavy atom. The summed E-state index contributed by atoms with van der Waals surface area (Å²) in [6.45, 7) is 3.70. The maximum atomic E-state index is 13.6. The first-order valence-electron chi connectivity index (χ1n) is 17.4. The minimum atomic E-state index is -1.92. The second-order valence-corrected chi connectivity index (χ2v) is 13.2. The van der Waals surface area contributed by atoms with Crippen LogP contribution in [0.1, 0.15) is 60.9 Å². The van der Waals surface area contributed by atoms with Gasteiger partial charge in [0.25, 0.3) is 5.56 Å². The molecular weight excluding hydrogens is 696 g/mol. The fraction of sp³-hybridized carbons (Fsp3) is 0.486. The summed E-state index contributed by atoms with van der Waals surface area (Å²) in [6.07, 6.45) is -4.89. The number of carbonyl (C=O) groups excluding carboxylic acids is 2. The minimum absolute atomic E-state index is 0.0500. The maximum absolute atomic E-state index is 13.6. The molecule has 0 spiro atoms. The van der Waals surface area contributed by atoms with Crippen LogP contribution in [0.4, 0.5) is 4.79 Å². The van der Waals surface area contributed by atoms with E-state index in [0.717, 1.165) is 16.5 Å². The van der Waals surface area contributed by atoms with Crippen LogP contribution in [0.2, 0.25) is 0 Å². The number of cyclic esters (lactones) is 1. The zero-order chi connectivity index (χ0) is 37.6. The predicted octanol–water partition coefficient (Wildman–Crippen LogP) is -0.0988. The summed E-state index contributed by atoms with van der Waals surface area (Å²) in [5, 5.41) is 62.1. The zero-order valence-electron chi connectivity index (χ0n) is 29.0. The molecule has 3 aromatic heterocycles. The fourth-order valence-electron chi connectivity index (χ4n) is 7.10. The van der Waals surface area contributed by atoms with E-state index in [2.05, 4.69) is 15.6 Å². The first-order chi connectivity index (χ1) is 25.5. The van der Waals surface area contributed by atoms with Gasteiger partial charge in [0.05, 0.1) is 48.4 Å². The molecule has 1 amide bonds. The molecule has 3 aliphatic rings. The van der Waals surface area contributed by atoms with Crippen LogP contribution in [0.5, 0.6) is 5.75 Å². The standard InChI is InChI=1S/C35H40N6O12/c1-3-19-20-10-18(6-7-24(20)37-27-21(19)13-40-25(27)11-23-22(31(40)46)16-51-33(47)35(23,49)4-2)52-34(48)36-8-5-9-50-15-17-12-41(39-38-17)32-30(45)29(44)28(43)26(14-42)53-32/h6-7,10-12,26,28-30,32,42-45,49H,3-5,8-9,13-16H2,1-2H3,(H,36,48)/t26-,28-,29+,30-,32-,35-/m0/s1. The number of nitrogens with one attached hydrogen (secondary N) is 1. The number of ether oxygens (including phenoxy) is 4. The molecule has 0 saturated carbocycles. The summed E-state index contributed by atoms with van der Waals surface area (Å²) < 4.78 is 24.6. The zero-order valence-corrected chi connectivity index (χ0v) is 29.0. The molecule has 0 unspecified atom stereocenters. The quantitative estimate of drug-likeness (QED) is 0.0766. The first-order valence-corrected chi connectivity index (χ1v) is 17.4. The highest BCUT2D eigenvalue weighted by molar-refractivity contribution is 5.90. The van der Waals surface area contributed by atoms with Gasteiger partial charge in [-0.25, -0.2) is 19.3 Å². The van der Waals surface area contributed by atoms with Crippen molar-refractivity contribution in [3.8, 4) is 17.1 Å². The summed E-state index contributed by atoms with van der Waals surface area (Å²) >= 11 is 0. The van der Waals surface area contributed by atoms with Crippen molar-refractivity contribution < 1.29 is 54.1 Å². The third kappa shape index (κ3) is 6.45. The lowest BCUT2D eigenvalue weighted by Crippen LogP contribution is -2.56. The number of nitrogens with zero attached hydrogens (tertiary/aromatic N) is 5. The molecule has 282 valence electrons. The number of fused-ring (bicyclic) bond motifs is 5. The molecule has 7 rings (SSSR count). The molecule has 1 aromatic carbocycles. The average molecular weight is 737 g/mol. The number of hydrogen-bond acceptors (Lipinski definition) is 15. The number of aryl methyl sites for hydroxylation is 1. The molecule has 6 atom stereocenters. The topological polar surface area (TPSA) is 250 Å². The largest absolute Gasteiger partial charge is 0.458 e. The molecule has 1 saturated heterocycles. The van der Waals surface area contributed by atoms with Crippen LogP contribution in [0.3, 0.4) is 0 Å². The van der Waals surface area contributed by atoms with Crippen molar-refractivity contribution in [3.05, 3.63) is 68.8 Å². The van der Waals surface area contributed by atoms with E-state index in [1.807, 2.05) is 6.92 Å². The van der Waals surface area contributed by atoms with Crippen LogP contribution < -0.4 is 15.6 Å². The Balaban J connectivity index is 0.949. The highest BCUT2D eigenvalue weighted by Crippen LogP contribution is 2.41. The smallest absolute Gasteiger partial charge is 0.412 e. The lowest BCUT2D eigenvalue weighted by Gasteiger charge is -2.39. The Kier molecular flexibility index (Phi) is 10.0. The van der Waals surface area contributed by atoms with Crippen molar-refractivity contribution in [1.29, 1.82) is 0 Å². The fourth-order valence-corrected chi connectivity index (χ4v) is 7.10. The lowest BCUT2D eigenvalue weighted by molar-refractivity contribution is -0.254. The normalized spacial score (nSPS) is 24.7. The summed E-state index contributed by atoms with van der Waals surface area (Å²) in [6, 6.07) is 6.77. The van der Waals surface area contributed by atoms with Crippen LogP contribution in [0.15, 0.2) is 35.3 Å². The molecule has 4 aromatic rings. The van der Waals surface area contributed by atoms with Crippen LogP contribution in [-0.4, -0.2) is 106 Å². The summed E-state index contributed by atoms with van der Waals surface area (Å²) in [4.78, 5) is 43.6. The third-order valence-electron chi connectivity index (χ3n) is 10.0. The number of rotatable bonds is 11. The number of aliphatic hydroxyl groups excluding tert-OH is 4. The first kappa shape index (κ1) is 36.5. The van der Waals surface area contributed by atoms with Gasteiger partial charge < -0.3 is 54.4 Å².